The third kappa shape index (κ3) is 2.98. The number of nitrogens with two attached hydrogens (primary N) is 1. The topological polar surface area (TPSA) is 83.4 Å². The van der Waals surface area contributed by atoms with E-state index in [2.05, 4.69) is 10.1 Å². The molecule has 1 aromatic heterocycles. The van der Waals surface area contributed by atoms with Crippen molar-refractivity contribution in [1.82, 2.24) is 10.1 Å². The Kier molecular flexibility index (Phi) is 3.78. The van der Waals surface area contributed by atoms with E-state index in [4.69, 9.17) is 19.7 Å². The first-order valence-corrected chi connectivity index (χ1v) is 5.54. The van der Waals surface area contributed by atoms with Crippen LogP contribution in [0.3, 0.4) is 0 Å². The van der Waals surface area contributed by atoms with Crippen LogP contribution >= 0.6 is 0 Å². The maximum absolute atomic E-state index is 5.62. The van der Waals surface area contributed by atoms with E-state index >= 15 is 0 Å². The van der Waals surface area contributed by atoms with Gasteiger partial charge in [0.1, 0.15) is 11.5 Å². The molecule has 0 radical (unpaired) electrons. The van der Waals surface area contributed by atoms with Crippen LogP contribution in [-0.2, 0) is 6.61 Å². The second-order valence-corrected chi connectivity index (χ2v) is 3.81. The zero-order valence-corrected chi connectivity index (χ0v) is 10.3. The molecule has 0 aliphatic heterocycles. The Morgan fingerprint density at radius 3 is 2.83 bits per heavy atom. The molecule has 0 saturated heterocycles. The number of aromatic nitrogens is 2. The highest BCUT2D eigenvalue weighted by atomic mass is 16.5. The molecule has 96 valence electrons. The van der Waals surface area contributed by atoms with Gasteiger partial charge in [-0.2, -0.15) is 4.98 Å². The molecule has 0 spiro atoms. The molecule has 1 heterocycles. The second-order valence-electron chi connectivity index (χ2n) is 3.81. The lowest BCUT2D eigenvalue weighted by Crippen LogP contribution is -2.05. The molecule has 2 rings (SSSR count). The first-order chi connectivity index (χ1) is 8.69. The summed E-state index contributed by atoms with van der Waals surface area (Å²) in [5, 5.41) is 3.77. The lowest BCUT2D eigenvalue weighted by atomic mass is 10.3. The lowest BCUT2D eigenvalue weighted by Gasteiger charge is -2.05. The van der Waals surface area contributed by atoms with Gasteiger partial charge in [0.05, 0.1) is 13.2 Å². The number of methoxy groups -OCH3 is 1. The van der Waals surface area contributed by atoms with Crippen LogP contribution in [0.4, 0.5) is 0 Å². The van der Waals surface area contributed by atoms with Gasteiger partial charge in [0.15, 0.2) is 6.61 Å². The molecular weight excluding hydrogens is 234 g/mol. The van der Waals surface area contributed by atoms with Crippen LogP contribution in [0.25, 0.3) is 0 Å². The zero-order valence-electron chi connectivity index (χ0n) is 10.3. The minimum atomic E-state index is -0.275. The highest BCUT2D eigenvalue weighted by Crippen LogP contribution is 2.19. The fourth-order valence-corrected chi connectivity index (χ4v) is 1.35. The van der Waals surface area contributed by atoms with Gasteiger partial charge >= 0.3 is 0 Å². The van der Waals surface area contributed by atoms with Gasteiger partial charge in [0, 0.05) is 6.07 Å². The van der Waals surface area contributed by atoms with Crippen LogP contribution in [0.2, 0.25) is 0 Å². The van der Waals surface area contributed by atoms with Gasteiger partial charge in [-0.25, -0.2) is 0 Å². The second kappa shape index (κ2) is 5.50. The number of hydrogen-bond acceptors (Lipinski definition) is 6. The van der Waals surface area contributed by atoms with E-state index in [0.717, 1.165) is 5.75 Å². The smallest absolute Gasteiger partial charge is 0.243 e. The Morgan fingerprint density at radius 2 is 2.17 bits per heavy atom. The van der Waals surface area contributed by atoms with Gasteiger partial charge in [-0.05, 0) is 19.1 Å². The van der Waals surface area contributed by atoms with Crippen LogP contribution in [0, 0.1) is 0 Å². The first kappa shape index (κ1) is 12.4. The van der Waals surface area contributed by atoms with Crippen molar-refractivity contribution in [2.45, 2.75) is 19.6 Å². The van der Waals surface area contributed by atoms with Crippen LogP contribution in [0.5, 0.6) is 11.5 Å². The van der Waals surface area contributed by atoms with Crippen molar-refractivity contribution in [3.05, 3.63) is 36.0 Å². The molecule has 0 saturated carbocycles. The molecule has 0 bridgehead atoms. The Balaban J connectivity index is 1.97. The van der Waals surface area contributed by atoms with Crippen molar-refractivity contribution in [1.29, 1.82) is 0 Å². The number of nitrogens with zero attached hydrogens (tertiary/aromatic N) is 2. The minimum absolute atomic E-state index is 0.226. The third-order valence-electron chi connectivity index (χ3n) is 2.28. The van der Waals surface area contributed by atoms with Gasteiger partial charge in [-0.1, -0.05) is 11.2 Å². The van der Waals surface area contributed by atoms with Crippen molar-refractivity contribution < 1.29 is 14.0 Å². The van der Waals surface area contributed by atoms with Gasteiger partial charge in [0.25, 0.3) is 0 Å². The van der Waals surface area contributed by atoms with E-state index in [0.29, 0.717) is 17.5 Å². The van der Waals surface area contributed by atoms with Crippen LogP contribution in [0.15, 0.2) is 28.8 Å². The molecule has 6 heteroatoms. The van der Waals surface area contributed by atoms with E-state index in [1.807, 2.05) is 18.2 Å². The SMILES string of the molecule is COc1cccc(OCc2noc(C(C)N)n2)c1. The van der Waals surface area contributed by atoms with Crippen molar-refractivity contribution in [2.24, 2.45) is 5.73 Å². The fourth-order valence-electron chi connectivity index (χ4n) is 1.35. The van der Waals surface area contributed by atoms with E-state index in [9.17, 15) is 0 Å². The molecule has 2 N–H and O–H groups in total. The van der Waals surface area contributed by atoms with Gasteiger partial charge in [0.2, 0.25) is 11.7 Å². The maximum Gasteiger partial charge on any atom is 0.243 e. The van der Waals surface area contributed by atoms with E-state index in [1.54, 1.807) is 20.1 Å². The predicted octanol–water partition coefficient (Wildman–Crippen LogP) is 1.68. The van der Waals surface area contributed by atoms with Gasteiger partial charge in [-0.3, -0.25) is 0 Å². The summed E-state index contributed by atoms with van der Waals surface area (Å²) in [4.78, 5) is 4.11. The first-order valence-electron chi connectivity index (χ1n) is 5.54. The molecule has 18 heavy (non-hydrogen) atoms. The highest BCUT2D eigenvalue weighted by Gasteiger charge is 2.10. The molecule has 1 atom stereocenters. The lowest BCUT2D eigenvalue weighted by molar-refractivity contribution is 0.282. The molecule has 6 nitrogen and oxygen atoms in total. The van der Waals surface area contributed by atoms with Crippen LogP contribution in [0.1, 0.15) is 24.7 Å². The monoisotopic (exact) mass is 249 g/mol. The quantitative estimate of drug-likeness (QED) is 0.867. The average molecular weight is 249 g/mol. The van der Waals surface area contributed by atoms with Gasteiger partial charge < -0.3 is 19.7 Å². The average Bonchev–Trinajstić information content (AvgIpc) is 2.85. The van der Waals surface area contributed by atoms with E-state index < -0.39 is 0 Å². The summed E-state index contributed by atoms with van der Waals surface area (Å²) < 4.78 is 15.6. The fraction of sp³-hybridized carbons (Fsp3) is 0.333. The number of ether oxygens (including phenoxy) is 2. The predicted molar refractivity (Wildman–Crippen MR) is 64.2 cm³/mol. The van der Waals surface area contributed by atoms with Crippen molar-refractivity contribution in [2.75, 3.05) is 7.11 Å². The van der Waals surface area contributed by atoms with E-state index in [1.165, 1.54) is 0 Å². The zero-order chi connectivity index (χ0) is 13.0. The summed E-state index contributed by atoms with van der Waals surface area (Å²) in [5.41, 5.74) is 5.62. The summed E-state index contributed by atoms with van der Waals surface area (Å²) in [6, 6.07) is 7.03. The third-order valence-corrected chi connectivity index (χ3v) is 2.28. The molecule has 1 unspecified atom stereocenters. The highest BCUT2D eigenvalue weighted by molar-refractivity contribution is 5.32. The number of benzene rings is 1. The normalized spacial score (nSPS) is 12.2. The molecule has 0 fully saturated rings. The Morgan fingerprint density at radius 1 is 1.39 bits per heavy atom. The van der Waals surface area contributed by atoms with Crippen LogP contribution in [-0.4, -0.2) is 17.3 Å². The summed E-state index contributed by atoms with van der Waals surface area (Å²) in [6.07, 6.45) is 0. The Hall–Kier alpha value is -2.08. The van der Waals surface area contributed by atoms with Gasteiger partial charge in [-0.15, -0.1) is 0 Å². The van der Waals surface area contributed by atoms with Crippen molar-refractivity contribution >= 4 is 0 Å². The molecular formula is C12H15N3O3. The molecule has 2 aromatic rings. The molecule has 0 amide bonds. The van der Waals surface area contributed by atoms with Crippen molar-refractivity contribution in [3.8, 4) is 11.5 Å². The standard InChI is InChI=1S/C12H15N3O3/c1-8(13)12-14-11(15-18-12)7-17-10-5-3-4-9(6-10)16-2/h3-6,8H,7,13H2,1-2H3. The summed E-state index contributed by atoms with van der Waals surface area (Å²) >= 11 is 0. The molecule has 1 aromatic carbocycles. The summed E-state index contributed by atoms with van der Waals surface area (Å²) in [7, 11) is 1.60. The van der Waals surface area contributed by atoms with Crippen molar-refractivity contribution in [3.63, 3.8) is 0 Å². The summed E-state index contributed by atoms with van der Waals surface area (Å²) in [6.45, 7) is 2.00. The number of hydrogen-bond donors (Lipinski definition) is 1. The summed E-state index contributed by atoms with van der Waals surface area (Å²) in [5.74, 6) is 2.28. The maximum atomic E-state index is 5.62. The van der Waals surface area contributed by atoms with Crippen LogP contribution < -0.4 is 15.2 Å². The largest absolute Gasteiger partial charge is 0.497 e. The molecule has 0 aliphatic carbocycles. The Bertz CT molecular complexity index is 511. The molecule has 0 aliphatic rings. The Labute approximate surface area is 105 Å². The minimum Gasteiger partial charge on any atom is -0.497 e. The van der Waals surface area contributed by atoms with E-state index in [-0.39, 0.29) is 12.6 Å². The number of rotatable bonds is 5.